The van der Waals surface area contributed by atoms with Crippen LogP contribution in [-0.4, -0.2) is 30.6 Å². The Bertz CT molecular complexity index is 828. The summed E-state index contributed by atoms with van der Waals surface area (Å²) in [7, 11) is 0. The second kappa shape index (κ2) is 10.5. The number of likely N-dealkylation sites (tertiary alicyclic amines) is 1. The van der Waals surface area contributed by atoms with Crippen LogP contribution < -0.4 is 15.2 Å². The van der Waals surface area contributed by atoms with E-state index in [1.165, 1.54) is 24.8 Å². The third-order valence-electron chi connectivity index (χ3n) is 5.19. The molecule has 3 rings (SSSR count). The Labute approximate surface area is 177 Å². The molecule has 0 unspecified atom stereocenters. The van der Waals surface area contributed by atoms with Crippen LogP contribution in [0.25, 0.3) is 0 Å². The smallest absolute Gasteiger partial charge is 0.255 e. The standard InChI is InChI=1S/C23H29ClN2O3/c1-2-28-22-14-17(11-12-21(22)29-16-23(25)27)15-26-13-7-3-4-10-20(26)18-8-5-6-9-19(18)24/h5-6,8-9,11-12,14,20H,2-4,7,10,13,15-16H2,1H3,(H2,25,27)/t20-/m1/s1. The van der Waals surface area contributed by atoms with Gasteiger partial charge in [-0.15, -0.1) is 0 Å². The van der Waals surface area contributed by atoms with Crippen LogP contribution in [0.5, 0.6) is 11.5 Å². The SMILES string of the molecule is CCOc1cc(CN2CCCCC[C@@H]2c2ccccc2Cl)ccc1OCC(N)=O. The second-order valence-electron chi connectivity index (χ2n) is 7.33. The van der Waals surface area contributed by atoms with E-state index in [1.807, 2.05) is 37.3 Å². The molecule has 156 valence electrons. The molecule has 2 N–H and O–H groups in total. The number of primary amides is 1. The summed E-state index contributed by atoms with van der Waals surface area (Å²) >= 11 is 6.53. The molecule has 0 aromatic heterocycles. The van der Waals surface area contributed by atoms with Gasteiger partial charge in [-0.1, -0.05) is 48.7 Å². The van der Waals surface area contributed by atoms with E-state index in [4.69, 9.17) is 26.8 Å². The first-order chi connectivity index (χ1) is 14.1. The minimum Gasteiger partial charge on any atom is -0.490 e. The summed E-state index contributed by atoms with van der Waals surface area (Å²) < 4.78 is 11.2. The first kappa shape index (κ1) is 21.5. The van der Waals surface area contributed by atoms with Gasteiger partial charge in [-0.3, -0.25) is 9.69 Å². The van der Waals surface area contributed by atoms with Gasteiger partial charge in [0.1, 0.15) is 0 Å². The third-order valence-corrected chi connectivity index (χ3v) is 5.54. The predicted molar refractivity (Wildman–Crippen MR) is 115 cm³/mol. The number of nitrogens with zero attached hydrogens (tertiary/aromatic N) is 1. The number of ether oxygens (including phenoxy) is 2. The Morgan fingerprint density at radius 3 is 2.72 bits per heavy atom. The van der Waals surface area contributed by atoms with Crippen molar-refractivity contribution < 1.29 is 14.3 Å². The number of hydrogen-bond acceptors (Lipinski definition) is 4. The van der Waals surface area contributed by atoms with Crippen LogP contribution in [0.1, 0.15) is 49.8 Å². The lowest BCUT2D eigenvalue weighted by Gasteiger charge is -2.31. The maximum atomic E-state index is 11.0. The maximum Gasteiger partial charge on any atom is 0.255 e. The molecule has 1 aliphatic heterocycles. The van der Waals surface area contributed by atoms with Crippen molar-refractivity contribution in [3.63, 3.8) is 0 Å². The van der Waals surface area contributed by atoms with E-state index in [9.17, 15) is 4.79 Å². The predicted octanol–water partition coefficient (Wildman–Crippen LogP) is 4.72. The third kappa shape index (κ3) is 5.87. The summed E-state index contributed by atoms with van der Waals surface area (Å²) in [5.41, 5.74) is 7.53. The van der Waals surface area contributed by atoms with Crippen molar-refractivity contribution in [3.8, 4) is 11.5 Å². The van der Waals surface area contributed by atoms with E-state index < -0.39 is 5.91 Å². The number of rotatable bonds is 8. The Hall–Kier alpha value is -2.24. The monoisotopic (exact) mass is 416 g/mol. The molecule has 1 aliphatic rings. The van der Waals surface area contributed by atoms with Gasteiger partial charge in [-0.2, -0.15) is 0 Å². The number of carbonyl (C=O) groups excluding carboxylic acids is 1. The summed E-state index contributed by atoms with van der Waals surface area (Å²) in [6.45, 7) is 4.10. The van der Waals surface area contributed by atoms with Crippen molar-refractivity contribution in [1.29, 1.82) is 0 Å². The number of carbonyl (C=O) groups is 1. The number of hydrogen-bond donors (Lipinski definition) is 1. The molecule has 1 atom stereocenters. The molecular formula is C23H29ClN2O3. The highest BCUT2D eigenvalue weighted by molar-refractivity contribution is 6.31. The molecule has 0 spiro atoms. The fourth-order valence-corrected chi connectivity index (χ4v) is 4.14. The molecule has 1 saturated heterocycles. The van der Waals surface area contributed by atoms with Crippen molar-refractivity contribution in [3.05, 3.63) is 58.6 Å². The van der Waals surface area contributed by atoms with Crippen LogP contribution in [-0.2, 0) is 11.3 Å². The molecule has 2 aromatic carbocycles. The zero-order chi connectivity index (χ0) is 20.6. The molecule has 29 heavy (non-hydrogen) atoms. The molecule has 1 heterocycles. The number of halogens is 1. The van der Waals surface area contributed by atoms with Crippen molar-refractivity contribution >= 4 is 17.5 Å². The first-order valence-electron chi connectivity index (χ1n) is 10.2. The summed E-state index contributed by atoms with van der Waals surface area (Å²) in [4.78, 5) is 13.5. The summed E-state index contributed by atoms with van der Waals surface area (Å²) in [6, 6.07) is 14.3. The highest BCUT2D eigenvalue weighted by Gasteiger charge is 2.24. The molecule has 1 amide bonds. The van der Waals surface area contributed by atoms with Crippen LogP contribution >= 0.6 is 11.6 Å². The van der Waals surface area contributed by atoms with Crippen LogP contribution in [0.3, 0.4) is 0 Å². The fraction of sp³-hybridized carbons (Fsp3) is 0.435. The summed E-state index contributed by atoms with van der Waals surface area (Å²) in [6.07, 6.45) is 4.72. The van der Waals surface area contributed by atoms with Gasteiger partial charge >= 0.3 is 0 Å². The molecule has 5 nitrogen and oxygen atoms in total. The molecule has 0 aliphatic carbocycles. The number of benzene rings is 2. The van der Waals surface area contributed by atoms with Gasteiger partial charge in [0.05, 0.1) is 6.61 Å². The van der Waals surface area contributed by atoms with Gasteiger partial charge < -0.3 is 15.2 Å². The lowest BCUT2D eigenvalue weighted by atomic mass is 10.00. The molecule has 0 bridgehead atoms. The van der Waals surface area contributed by atoms with E-state index in [2.05, 4.69) is 17.0 Å². The van der Waals surface area contributed by atoms with Crippen LogP contribution in [0, 0.1) is 0 Å². The summed E-state index contributed by atoms with van der Waals surface area (Å²) in [5.74, 6) is 0.659. The van der Waals surface area contributed by atoms with E-state index in [1.54, 1.807) is 0 Å². The number of amides is 1. The Morgan fingerprint density at radius 2 is 1.97 bits per heavy atom. The van der Waals surface area contributed by atoms with Gasteiger partial charge in [-0.05, 0) is 55.6 Å². The van der Waals surface area contributed by atoms with Gasteiger partial charge in [-0.25, -0.2) is 0 Å². The largest absolute Gasteiger partial charge is 0.490 e. The highest BCUT2D eigenvalue weighted by Crippen LogP contribution is 2.36. The highest BCUT2D eigenvalue weighted by atomic mass is 35.5. The lowest BCUT2D eigenvalue weighted by Crippen LogP contribution is -2.28. The minimum atomic E-state index is -0.510. The van der Waals surface area contributed by atoms with Gasteiger partial charge in [0.2, 0.25) is 0 Å². The zero-order valence-corrected chi connectivity index (χ0v) is 17.7. The molecular weight excluding hydrogens is 388 g/mol. The molecule has 6 heteroatoms. The fourth-order valence-electron chi connectivity index (χ4n) is 3.88. The van der Waals surface area contributed by atoms with Crippen LogP contribution in [0.2, 0.25) is 5.02 Å². The molecule has 0 radical (unpaired) electrons. The average Bonchev–Trinajstić information content (AvgIpc) is 2.93. The van der Waals surface area contributed by atoms with Crippen molar-refractivity contribution in [2.45, 2.75) is 45.2 Å². The van der Waals surface area contributed by atoms with E-state index in [0.717, 1.165) is 30.1 Å². The van der Waals surface area contributed by atoms with Gasteiger partial charge in [0, 0.05) is 17.6 Å². The zero-order valence-electron chi connectivity index (χ0n) is 16.9. The second-order valence-corrected chi connectivity index (χ2v) is 7.73. The summed E-state index contributed by atoms with van der Waals surface area (Å²) in [5, 5.41) is 0.828. The average molecular weight is 417 g/mol. The maximum absolute atomic E-state index is 11.0. The lowest BCUT2D eigenvalue weighted by molar-refractivity contribution is -0.119. The van der Waals surface area contributed by atoms with Crippen LogP contribution in [0.15, 0.2) is 42.5 Å². The molecule has 1 fully saturated rings. The quantitative estimate of drug-likeness (QED) is 0.676. The Morgan fingerprint density at radius 1 is 1.14 bits per heavy atom. The first-order valence-corrected chi connectivity index (χ1v) is 10.6. The van der Waals surface area contributed by atoms with Crippen molar-refractivity contribution in [2.24, 2.45) is 5.73 Å². The molecule has 0 saturated carbocycles. The van der Waals surface area contributed by atoms with Crippen LogP contribution in [0.4, 0.5) is 0 Å². The Balaban J connectivity index is 1.82. The van der Waals surface area contributed by atoms with E-state index in [-0.39, 0.29) is 6.61 Å². The topological polar surface area (TPSA) is 64.8 Å². The van der Waals surface area contributed by atoms with Gasteiger partial charge in [0.15, 0.2) is 18.1 Å². The number of nitrogens with two attached hydrogens (primary N) is 1. The normalized spacial score (nSPS) is 17.5. The Kier molecular flexibility index (Phi) is 7.78. The molecule has 2 aromatic rings. The van der Waals surface area contributed by atoms with Crippen molar-refractivity contribution in [1.82, 2.24) is 4.90 Å². The van der Waals surface area contributed by atoms with E-state index in [0.29, 0.717) is 24.1 Å². The van der Waals surface area contributed by atoms with Crippen molar-refractivity contribution in [2.75, 3.05) is 19.8 Å². The van der Waals surface area contributed by atoms with E-state index >= 15 is 0 Å². The van der Waals surface area contributed by atoms with Gasteiger partial charge in [0.25, 0.3) is 5.91 Å². The minimum absolute atomic E-state index is 0.167.